The zero-order valence-corrected chi connectivity index (χ0v) is 15.2. The van der Waals surface area contributed by atoms with E-state index in [1.54, 1.807) is 0 Å². The maximum Gasteiger partial charge on any atom is 0.328 e. The van der Waals surface area contributed by atoms with Crippen LogP contribution in [0.25, 0.3) is 6.08 Å². The van der Waals surface area contributed by atoms with Gasteiger partial charge in [-0.1, -0.05) is 60.7 Å². The van der Waals surface area contributed by atoms with Gasteiger partial charge in [-0.2, -0.15) is 0 Å². The van der Waals surface area contributed by atoms with Crippen molar-refractivity contribution < 1.29 is 19.1 Å². The molecule has 2 aromatic rings. The Morgan fingerprint density at radius 1 is 1.00 bits per heavy atom. The first-order chi connectivity index (χ1) is 12.6. The Balaban J connectivity index is 2.13. The van der Waals surface area contributed by atoms with E-state index in [0.717, 1.165) is 16.7 Å². The van der Waals surface area contributed by atoms with E-state index >= 15 is 0 Å². The molecule has 0 saturated carbocycles. The standard InChI is InChI=1S/C22H22O4/c1-15-8-4-5-9-16(15)12-13-18-14-17-10-6-7-11-19(17)22(18,20(23)25-2)21(24)26-3/h4-13,18H,14H2,1-3H3/b13-12+/t18-/m1/s1. The highest BCUT2D eigenvalue weighted by molar-refractivity contribution is 6.08. The minimum Gasteiger partial charge on any atom is -0.468 e. The molecule has 1 atom stereocenters. The molecule has 0 bridgehead atoms. The van der Waals surface area contributed by atoms with Gasteiger partial charge in [0.2, 0.25) is 0 Å². The Kier molecular flexibility index (Phi) is 4.94. The summed E-state index contributed by atoms with van der Waals surface area (Å²) >= 11 is 0. The molecule has 1 aliphatic carbocycles. The van der Waals surface area contributed by atoms with Crippen molar-refractivity contribution in [2.24, 2.45) is 5.92 Å². The molecular weight excluding hydrogens is 328 g/mol. The predicted molar refractivity (Wildman–Crippen MR) is 99.6 cm³/mol. The van der Waals surface area contributed by atoms with Crippen LogP contribution in [0, 0.1) is 12.8 Å². The van der Waals surface area contributed by atoms with Crippen molar-refractivity contribution in [2.45, 2.75) is 18.8 Å². The summed E-state index contributed by atoms with van der Waals surface area (Å²) in [4.78, 5) is 25.7. The van der Waals surface area contributed by atoms with Gasteiger partial charge in [0, 0.05) is 5.92 Å². The molecule has 2 aromatic carbocycles. The zero-order valence-electron chi connectivity index (χ0n) is 15.2. The fraction of sp³-hybridized carbons (Fsp3) is 0.273. The van der Waals surface area contributed by atoms with Gasteiger partial charge < -0.3 is 9.47 Å². The van der Waals surface area contributed by atoms with Crippen LogP contribution in [0.2, 0.25) is 0 Å². The van der Waals surface area contributed by atoms with Gasteiger partial charge in [0.15, 0.2) is 5.41 Å². The second-order valence-corrected chi connectivity index (χ2v) is 6.47. The molecule has 0 amide bonds. The molecule has 0 unspecified atom stereocenters. The first kappa shape index (κ1) is 17.9. The maximum atomic E-state index is 12.8. The van der Waals surface area contributed by atoms with Crippen molar-refractivity contribution in [3.8, 4) is 0 Å². The Hall–Kier alpha value is -2.88. The number of carbonyl (C=O) groups is 2. The quantitative estimate of drug-likeness (QED) is 0.626. The summed E-state index contributed by atoms with van der Waals surface area (Å²) in [6.07, 6.45) is 4.46. The summed E-state index contributed by atoms with van der Waals surface area (Å²) in [6, 6.07) is 15.5. The lowest BCUT2D eigenvalue weighted by atomic mass is 9.74. The maximum absolute atomic E-state index is 12.8. The van der Waals surface area contributed by atoms with Crippen molar-refractivity contribution in [3.05, 3.63) is 76.9 Å². The molecule has 134 valence electrons. The fourth-order valence-corrected chi connectivity index (χ4v) is 3.81. The van der Waals surface area contributed by atoms with Gasteiger partial charge in [-0.3, -0.25) is 9.59 Å². The first-order valence-corrected chi connectivity index (χ1v) is 8.54. The Morgan fingerprint density at radius 3 is 2.27 bits per heavy atom. The predicted octanol–water partition coefficient (Wildman–Crippen LogP) is 3.46. The number of hydrogen-bond donors (Lipinski definition) is 0. The van der Waals surface area contributed by atoms with Crippen LogP contribution in [-0.2, 0) is 30.9 Å². The third-order valence-corrected chi connectivity index (χ3v) is 5.15. The lowest BCUT2D eigenvalue weighted by Gasteiger charge is -2.29. The van der Waals surface area contributed by atoms with Crippen molar-refractivity contribution in [2.75, 3.05) is 14.2 Å². The summed E-state index contributed by atoms with van der Waals surface area (Å²) in [5.74, 6) is -1.55. The molecule has 0 aromatic heterocycles. The average molecular weight is 350 g/mol. The van der Waals surface area contributed by atoms with Gasteiger partial charge in [-0.25, -0.2) is 0 Å². The van der Waals surface area contributed by atoms with Gasteiger partial charge >= 0.3 is 11.9 Å². The number of methoxy groups -OCH3 is 2. The monoisotopic (exact) mass is 350 g/mol. The SMILES string of the molecule is COC(=O)C1(C(=O)OC)c2ccccc2C[C@H]1/C=C/c1ccccc1C. The van der Waals surface area contributed by atoms with Gasteiger partial charge in [-0.15, -0.1) is 0 Å². The summed E-state index contributed by atoms with van der Waals surface area (Å²) in [7, 11) is 2.60. The van der Waals surface area contributed by atoms with Crippen LogP contribution in [-0.4, -0.2) is 26.2 Å². The minimum atomic E-state index is -1.47. The van der Waals surface area contributed by atoms with E-state index in [1.807, 2.05) is 67.6 Å². The van der Waals surface area contributed by atoms with Crippen molar-refractivity contribution in [1.29, 1.82) is 0 Å². The summed E-state index contributed by atoms with van der Waals surface area (Å²) in [5.41, 5.74) is 2.33. The van der Waals surface area contributed by atoms with E-state index in [0.29, 0.717) is 12.0 Å². The van der Waals surface area contributed by atoms with Crippen LogP contribution < -0.4 is 0 Å². The van der Waals surface area contributed by atoms with Crippen LogP contribution in [0.4, 0.5) is 0 Å². The van der Waals surface area contributed by atoms with E-state index in [4.69, 9.17) is 9.47 Å². The molecule has 4 heteroatoms. The van der Waals surface area contributed by atoms with Gasteiger partial charge in [-0.05, 0) is 35.6 Å². The molecule has 0 spiro atoms. The largest absolute Gasteiger partial charge is 0.468 e. The van der Waals surface area contributed by atoms with Gasteiger partial charge in [0.05, 0.1) is 14.2 Å². The lowest BCUT2D eigenvalue weighted by Crippen LogP contribution is -2.48. The highest BCUT2D eigenvalue weighted by Crippen LogP contribution is 2.46. The summed E-state index contributed by atoms with van der Waals surface area (Å²) in [6.45, 7) is 2.02. The number of esters is 2. The minimum absolute atomic E-state index is 0.376. The molecule has 0 saturated heterocycles. The number of hydrogen-bond acceptors (Lipinski definition) is 4. The molecule has 0 aliphatic heterocycles. The van der Waals surface area contributed by atoms with E-state index < -0.39 is 17.4 Å². The zero-order chi connectivity index (χ0) is 18.7. The normalized spacial score (nSPS) is 17.7. The molecule has 0 N–H and O–H groups in total. The highest BCUT2D eigenvalue weighted by atomic mass is 16.5. The van der Waals surface area contributed by atoms with Crippen LogP contribution in [0.3, 0.4) is 0 Å². The number of benzene rings is 2. The van der Waals surface area contributed by atoms with E-state index in [1.165, 1.54) is 14.2 Å². The van der Waals surface area contributed by atoms with E-state index in [2.05, 4.69) is 0 Å². The van der Waals surface area contributed by atoms with Crippen LogP contribution in [0.15, 0.2) is 54.6 Å². The Bertz CT molecular complexity index is 850. The van der Waals surface area contributed by atoms with Crippen LogP contribution in [0.1, 0.15) is 22.3 Å². The molecule has 3 rings (SSSR count). The number of allylic oxidation sites excluding steroid dienone is 1. The smallest absolute Gasteiger partial charge is 0.328 e. The second-order valence-electron chi connectivity index (χ2n) is 6.47. The van der Waals surface area contributed by atoms with Crippen LogP contribution >= 0.6 is 0 Å². The molecule has 0 radical (unpaired) electrons. The van der Waals surface area contributed by atoms with Crippen LogP contribution in [0.5, 0.6) is 0 Å². The third-order valence-electron chi connectivity index (χ3n) is 5.15. The first-order valence-electron chi connectivity index (χ1n) is 8.54. The van der Waals surface area contributed by atoms with E-state index in [-0.39, 0.29) is 5.92 Å². The fourth-order valence-electron chi connectivity index (χ4n) is 3.81. The molecular formula is C22H22O4. The molecule has 4 nitrogen and oxygen atoms in total. The third kappa shape index (κ3) is 2.71. The Labute approximate surface area is 153 Å². The average Bonchev–Trinajstić information content (AvgIpc) is 3.01. The topological polar surface area (TPSA) is 52.6 Å². The number of aryl methyl sites for hydroxylation is 1. The van der Waals surface area contributed by atoms with Crippen molar-refractivity contribution in [1.82, 2.24) is 0 Å². The highest BCUT2D eigenvalue weighted by Gasteiger charge is 2.59. The molecule has 26 heavy (non-hydrogen) atoms. The number of carbonyl (C=O) groups excluding carboxylic acids is 2. The summed E-state index contributed by atoms with van der Waals surface area (Å²) in [5, 5.41) is 0. The Morgan fingerprint density at radius 2 is 1.62 bits per heavy atom. The number of rotatable bonds is 4. The van der Waals surface area contributed by atoms with Gasteiger partial charge in [0.25, 0.3) is 0 Å². The molecule has 0 heterocycles. The molecule has 1 aliphatic rings. The summed E-state index contributed by atoms with van der Waals surface area (Å²) < 4.78 is 10.1. The number of ether oxygens (including phenoxy) is 2. The lowest BCUT2D eigenvalue weighted by molar-refractivity contribution is -0.163. The molecule has 0 fully saturated rings. The van der Waals surface area contributed by atoms with Gasteiger partial charge in [0.1, 0.15) is 0 Å². The van der Waals surface area contributed by atoms with E-state index in [9.17, 15) is 9.59 Å². The number of fused-ring (bicyclic) bond motifs is 1. The van der Waals surface area contributed by atoms with Crippen molar-refractivity contribution in [3.63, 3.8) is 0 Å². The second kappa shape index (κ2) is 7.16. The van der Waals surface area contributed by atoms with Crippen molar-refractivity contribution >= 4 is 18.0 Å².